The molecule has 1 N–H and O–H groups in total. The number of nitrogens with one attached hydrogen (secondary N) is 1. The first-order valence-corrected chi connectivity index (χ1v) is 8.36. The normalized spacial score (nSPS) is 10.7. The van der Waals surface area contributed by atoms with Gasteiger partial charge in [-0.3, -0.25) is 14.5 Å². The van der Waals surface area contributed by atoms with Gasteiger partial charge in [-0.2, -0.15) is 5.10 Å². The summed E-state index contributed by atoms with van der Waals surface area (Å²) in [6.07, 6.45) is 1.66. The van der Waals surface area contributed by atoms with Crippen molar-refractivity contribution in [3.63, 3.8) is 0 Å². The molecule has 3 rings (SSSR count). The summed E-state index contributed by atoms with van der Waals surface area (Å²) in [5, 5.41) is 7.75. The molecule has 0 aliphatic heterocycles. The molecule has 0 radical (unpaired) electrons. The highest BCUT2D eigenvalue weighted by Gasteiger charge is 2.19. The summed E-state index contributed by atoms with van der Waals surface area (Å²) in [5.41, 5.74) is 1.56. The molecule has 3 aromatic rings. The minimum absolute atomic E-state index is 0.123. The molecule has 0 fully saturated rings. The third-order valence-corrected chi connectivity index (χ3v) is 4.25. The second-order valence-electron chi connectivity index (χ2n) is 5.21. The van der Waals surface area contributed by atoms with Crippen LogP contribution in [-0.4, -0.2) is 33.2 Å². The van der Waals surface area contributed by atoms with E-state index in [0.717, 1.165) is 9.86 Å². The topological polar surface area (TPSA) is 86.1 Å². The van der Waals surface area contributed by atoms with Crippen molar-refractivity contribution in [3.05, 3.63) is 52.4 Å². The van der Waals surface area contributed by atoms with Crippen LogP contribution in [0.4, 0.5) is 5.69 Å². The van der Waals surface area contributed by atoms with Crippen molar-refractivity contribution >= 4 is 44.4 Å². The predicted molar refractivity (Wildman–Crippen MR) is 96.6 cm³/mol. The SMILES string of the molecule is CCOC(=O)c1cc(C(=O)Nc2ccc(Br)c3cccnc23)nn1C. The van der Waals surface area contributed by atoms with Gasteiger partial charge < -0.3 is 10.1 Å². The van der Waals surface area contributed by atoms with Crippen LogP contribution in [0.15, 0.2) is 41.0 Å². The highest BCUT2D eigenvalue weighted by Crippen LogP contribution is 2.28. The van der Waals surface area contributed by atoms with E-state index in [9.17, 15) is 9.59 Å². The van der Waals surface area contributed by atoms with Crippen LogP contribution in [0.5, 0.6) is 0 Å². The molecule has 1 amide bonds. The van der Waals surface area contributed by atoms with E-state index in [-0.39, 0.29) is 18.0 Å². The molecule has 1 aromatic carbocycles. The van der Waals surface area contributed by atoms with Crippen LogP contribution < -0.4 is 5.32 Å². The number of nitrogens with zero attached hydrogens (tertiary/aromatic N) is 3. The summed E-state index contributed by atoms with van der Waals surface area (Å²) >= 11 is 3.47. The van der Waals surface area contributed by atoms with E-state index in [4.69, 9.17) is 4.74 Å². The molecule has 0 bridgehead atoms. The maximum Gasteiger partial charge on any atom is 0.356 e. The van der Waals surface area contributed by atoms with Crippen LogP contribution in [-0.2, 0) is 11.8 Å². The van der Waals surface area contributed by atoms with Crippen molar-refractivity contribution in [2.24, 2.45) is 7.05 Å². The molecule has 0 spiro atoms. The highest BCUT2D eigenvalue weighted by molar-refractivity contribution is 9.10. The number of halogens is 1. The van der Waals surface area contributed by atoms with Crippen molar-refractivity contribution in [1.29, 1.82) is 0 Å². The minimum Gasteiger partial charge on any atom is -0.461 e. The van der Waals surface area contributed by atoms with Gasteiger partial charge in [0, 0.05) is 29.2 Å². The number of aryl methyl sites for hydroxylation is 1. The standard InChI is InChI=1S/C17H15BrN4O3/c1-3-25-17(24)14-9-13(21-22(14)2)16(23)20-12-7-6-11(18)10-5-4-8-19-15(10)12/h4-9H,3H2,1-2H3,(H,20,23). The van der Waals surface area contributed by atoms with E-state index in [1.807, 2.05) is 18.2 Å². The van der Waals surface area contributed by atoms with Crippen molar-refractivity contribution < 1.29 is 14.3 Å². The second kappa shape index (κ2) is 7.02. The van der Waals surface area contributed by atoms with Gasteiger partial charge in [0.1, 0.15) is 5.69 Å². The lowest BCUT2D eigenvalue weighted by molar-refractivity contribution is 0.0513. The number of hydrogen-bond donors (Lipinski definition) is 1. The van der Waals surface area contributed by atoms with Crippen molar-refractivity contribution in [3.8, 4) is 0 Å². The summed E-state index contributed by atoms with van der Waals surface area (Å²) in [5.74, 6) is -0.951. The Kier molecular flexibility index (Phi) is 4.80. The Morgan fingerprint density at radius 1 is 1.32 bits per heavy atom. The lowest BCUT2D eigenvalue weighted by atomic mass is 10.2. The maximum absolute atomic E-state index is 12.5. The van der Waals surface area contributed by atoms with Gasteiger partial charge >= 0.3 is 5.97 Å². The number of aromatic nitrogens is 3. The van der Waals surface area contributed by atoms with Crippen LogP contribution in [0.25, 0.3) is 10.9 Å². The third-order valence-electron chi connectivity index (χ3n) is 3.56. The number of anilines is 1. The van der Waals surface area contributed by atoms with E-state index < -0.39 is 11.9 Å². The Balaban J connectivity index is 1.90. The Bertz CT molecular complexity index is 968. The van der Waals surface area contributed by atoms with E-state index in [1.165, 1.54) is 10.7 Å². The lowest BCUT2D eigenvalue weighted by Gasteiger charge is -2.08. The van der Waals surface area contributed by atoms with Crippen LogP contribution in [0.1, 0.15) is 27.9 Å². The largest absolute Gasteiger partial charge is 0.461 e. The minimum atomic E-state index is -0.521. The Hall–Kier alpha value is -2.74. The molecule has 0 saturated heterocycles. The zero-order chi connectivity index (χ0) is 18.0. The van der Waals surface area contributed by atoms with Crippen molar-refractivity contribution in [1.82, 2.24) is 14.8 Å². The summed E-state index contributed by atoms with van der Waals surface area (Å²) in [6, 6.07) is 8.72. The fourth-order valence-corrected chi connectivity index (χ4v) is 2.85. The summed E-state index contributed by atoms with van der Waals surface area (Å²) in [6.45, 7) is 1.97. The molecule has 2 aromatic heterocycles. The Morgan fingerprint density at radius 3 is 2.88 bits per heavy atom. The number of fused-ring (bicyclic) bond motifs is 1. The van der Waals surface area contributed by atoms with Crippen LogP contribution >= 0.6 is 15.9 Å². The molecule has 0 aliphatic carbocycles. The fraction of sp³-hybridized carbons (Fsp3) is 0.176. The van der Waals surface area contributed by atoms with E-state index in [1.54, 1.807) is 26.2 Å². The fourth-order valence-electron chi connectivity index (χ4n) is 2.40. The van der Waals surface area contributed by atoms with Crippen LogP contribution in [0.3, 0.4) is 0 Å². The number of carbonyl (C=O) groups is 2. The van der Waals surface area contributed by atoms with Gasteiger partial charge in [-0.15, -0.1) is 0 Å². The Labute approximate surface area is 152 Å². The zero-order valence-electron chi connectivity index (χ0n) is 13.6. The summed E-state index contributed by atoms with van der Waals surface area (Å²) < 4.78 is 7.15. The van der Waals surface area contributed by atoms with Gasteiger partial charge in [0.05, 0.1) is 17.8 Å². The van der Waals surface area contributed by atoms with Crippen LogP contribution in [0.2, 0.25) is 0 Å². The average Bonchev–Trinajstić information content (AvgIpc) is 3.00. The van der Waals surface area contributed by atoms with Gasteiger partial charge in [-0.05, 0) is 25.1 Å². The first kappa shape index (κ1) is 17.1. The van der Waals surface area contributed by atoms with Gasteiger partial charge in [0.15, 0.2) is 5.69 Å². The van der Waals surface area contributed by atoms with Crippen molar-refractivity contribution in [2.75, 3.05) is 11.9 Å². The highest BCUT2D eigenvalue weighted by atomic mass is 79.9. The zero-order valence-corrected chi connectivity index (χ0v) is 15.2. The molecular weight excluding hydrogens is 388 g/mol. The van der Waals surface area contributed by atoms with Crippen LogP contribution in [0, 0.1) is 0 Å². The van der Waals surface area contributed by atoms with Gasteiger partial charge in [0.25, 0.3) is 5.91 Å². The number of hydrogen-bond acceptors (Lipinski definition) is 5. The summed E-state index contributed by atoms with van der Waals surface area (Å²) in [4.78, 5) is 28.7. The number of esters is 1. The summed E-state index contributed by atoms with van der Waals surface area (Å²) in [7, 11) is 1.58. The number of carbonyl (C=O) groups excluding carboxylic acids is 2. The van der Waals surface area contributed by atoms with Crippen molar-refractivity contribution in [2.45, 2.75) is 6.92 Å². The molecule has 8 heteroatoms. The number of amides is 1. The predicted octanol–water partition coefficient (Wildman–Crippen LogP) is 3.16. The van der Waals surface area contributed by atoms with Gasteiger partial charge in [0.2, 0.25) is 0 Å². The molecule has 0 aliphatic rings. The number of benzene rings is 1. The molecule has 0 unspecified atom stereocenters. The van der Waals surface area contributed by atoms with E-state index in [0.29, 0.717) is 11.2 Å². The van der Waals surface area contributed by atoms with E-state index >= 15 is 0 Å². The number of pyridine rings is 1. The Morgan fingerprint density at radius 2 is 2.12 bits per heavy atom. The molecular formula is C17H15BrN4O3. The third kappa shape index (κ3) is 3.39. The average molecular weight is 403 g/mol. The quantitative estimate of drug-likeness (QED) is 0.677. The smallest absolute Gasteiger partial charge is 0.356 e. The number of ether oxygens (including phenoxy) is 1. The lowest BCUT2D eigenvalue weighted by Crippen LogP contribution is -2.13. The number of rotatable bonds is 4. The molecule has 7 nitrogen and oxygen atoms in total. The molecule has 128 valence electrons. The van der Waals surface area contributed by atoms with Gasteiger partial charge in [-0.1, -0.05) is 22.0 Å². The molecule has 0 saturated carbocycles. The first-order valence-electron chi connectivity index (χ1n) is 7.57. The molecule has 0 atom stereocenters. The monoisotopic (exact) mass is 402 g/mol. The molecule has 25 heavy (non-hydrogen) atoms. The van der Waals surface area contributed by atoms with E-state index in [2.05, 4.69) is 31.3 Å². The first-order chi connectivity index (χ1) is 12.0. The van der Waals surface area contributed by atoms with Gasteiger partial charge in [-0.25, -0.2) is 4.79 Å². The maximum atomic E-state index is 12.5. The second-order valence-corrected chi connectivity index (χ2v) is 6.06. The molecule has 2 heterocycles.